The summed E-state index contributed by atoms with van der Waals surface area (Å²) in [6.45, 7) is 3.26. The van der Waals surface area contributed by atoms with Crippen molar-refractivity contribution in [2.24, 2.45) is 16.7 Å². The summed E-state index contributed by atoms with van der Waals surface area (Å²) in [5.74, 6) is -0.510. The van der Waals surface area contributed by atoms with Gasteiger partial charge in [0.05, 0.1) is 25.1 Å². The Morgan fingerprint density at radius 3 is 2.48 bits per heavy atom. The molecule has 27 heavy (non-hydrogen) atoms. The van der Waals surface area contributed by atoms with E-state index in [-0.39, 0.29) is 18.5 Å². The molecule has 2 atom stereocenters. The molecule has 0 unspecified atom stereocenters. The lowest BCUT2D eigenvalue weighted by molar-refractivity contribution is -0.140. The smallest absolute Gasteiger partial charge is 0.418 e. The summed E-state index contributed by atoms with van der Waals surface area (Å²) in [5.41, 5.74) is -2.94. The average molecular weight is 383 g/mol. The summed E-state index contributed by atoms with van der Waals surface area (Å²) in [4.78, 5) is 23.2. The Hall–Kier alpha value is -2.69. The first-order valence-electron chi connectivity index (χ1n) is 8.10. The Morgan fingerprint density at radius 2 is 2.04 bits per heavy atom. The van der Waals surface area contributed by atoms with Crippen LogP contribution in [0.25, 0.3) is 0 Å². The van der Waals surface area contributed by atoms with Crippen LogP contribution < -0.4 is 0 Å². The van der Waals surface area contributed by atoms with E-state index < -0.39 is 40.4 Å². The number of allylic oxidation sites excluding steroid dienone is 1. The van der Waals surface area contributed by atoms with Crippen LogP contribution in [0.5, 0.6) is 0 Å². The summed E-state index contributed by atoms with van der Waals surface area (Å²) in [6, 6.07) is 0. The van der Waals surface area contributed by atoms with Gasteiger partial charge in [0, 0.05) is 23.9 Å². The Labute approximate surface area is 154 Å². The van der Waals surface area contributed by atoms with Gasteiger partial charge in [-0.3, -0.25) is 4.79 Å². The highest BCUT2D eigenvalue weighted by Crippen LogP contribution is 2.71. The van der Waals surface area contributed by atoms with Crippen molar-refractivity contribution in [3.05, 3.63) is 35.7 Å². The van der Waals surface area contributed by atoms with Crippen LogP contribution in [0, 0.1) is 29.1 Å². The lowest BCUT2D eigenvalue weighted by Gasteiger charge is -2.17. The lowest BCUT2D eigenvalue weighted by atomic mass is 9.87. The average Bonchev–Trinajstić information content (AvgIpc) is 2.82. The number of carboxylic acids is 1. The van der Waals surface area contributed by atoms with Crippen molar-refractivity contribution in [1.29, 1.82) is 0 Å². The van der Waals surface area contributed by atoms with Crippen LogP contribution in [0.3, 0.4) is 0 Å². The monoisotopic (exact) mass is 383 g/mol. The van der Waals surface area contributed by atoms with E-state index in [1.165, 1.54) is 16.8 Å². The molecule has 5 nitrogen and oxygen atoms in total. The molecule has 0 bridgehead atoms. The van der Waals surface area contributed by atoms with Crippen molar-refractivity contribution in [1.82, 2.24) is 4.57 Å². The number of methoxy groups -OCH3 is 1. The second kappa shape index (κ2) is 6.80. The van der Waals surface area contributed by atoms with Gasteiger partial charge < -0.3 is 14.4 Å². The molecule has 2 rings (SSSR count). The molecule has 0 saturated heterocycles. The number of carboxylic acid groups (broad SMARTS) is 1. The molecule has 1 aromatic heterocycles. The molecule has 0 amide bonds. The molecule has 1 aromatic rings. The molecule has 146 valence electrons. The number of carbonyl (C=O) groups excluding carboxylic acids is 1. The van der Waals surface area contributed by atoms with Crippen molar-refractivity contribution in [3.8, 4) is 12.3 Å². The molecule has 1 heterocycles. The molecule has 1 fully saturated rings. The number of aromatic nitrogens is 1. The third-order valence-electron chi connectivity index (χ3n) is 5.34. The number of hydrogen-bond acceptors (Lipinski definition) is 3. The van der Waals surface area contributed by atoms with Crippen molar-refractivity contribution in [2.75, 3.05) is 7.11 Å². The predicted octanol–water partition coefficient (Wildman–Crippen LogP) is 3.14. The second-order valence-electron chi connectivity index (χ2n) is 7.14. The van der Waals surface area contributed by atoms with Crippen LogP contribution in [0.4, 0.5) is 13.2 Å². The minimum Gasteiger partial charge on any atom is -0.481 e. The summed E-state index contributed by atoms with van der Waals surface area (Å²) in [6.07, 6.45) is 4.99. The second-order valence-corrected chi connectivity index (χ2v) is 7.14. The Kier molecular flexibility index (Phi) is 5.19. The fourth-order valence-electron chi connectivity index (χ4n) is 3.86. The maximum atomic E-state index is 13.4. The van der Waals surface area contributed by atoms with E-state index >= 15 is 0 Å². The molecule has 1 saturated carbocycles. The van der Waals surface area contributed by atoms with Crippen LogP contribution in [-0.4, -0.2) is 28.7 Å². The minimum atomic E-state index is -4.61. The number of halogens is 3. The largest absolute Gasteiger partial charge is 0.481 e. The third-order valence-corrected chi connectivity index (χ3v) is 5.34. The number of ether oxygens (including phenoxy) is 1. The summed E-state index contributed by atoms with van der Waals surface area (Å²) in [5, 5.41) is 9.54. The van der Waals surface area contributed by atoms with Gasteiger partial charge in [-0.15, -0.1) is 6.42 Å². The first-order chi connectivity index (χ1) is 12.4. The lowest BCUT2D eigenvalue weighted by Crippen LogP contribution is -2.16. The normalized spacial score (nSPS) is 23.8. The van der Waals surface area contributed by atoms with Gasteiger partial charge in [0.2, 0.25) is 0 Å². The minimum absolute atomic E-state index is 0.0418. The zero-order valence-electron chi connectivity index (χ0n) is 15.1. The highest BCUT2D eigenvalue weighted by atomic mass is 19.4. The summed E-state index contributed by atoms with van der Waals surface area (Å²) in [7, 11) is 1.16. The van der Waals surface area contributed by atoms with Gasteiger partial charge in [0.15, 0.2) is 0 Å². The number of terminal acetylenes is 1. The third kappa shape index (κ3) is 3.59. The quantitative estimate of drug-likeness (QED) is 0.466. The molecule has 8 heteroatoms. The molecule has 0 aliphatic heterocycles. The molecule has 1 aliphatic carbocycles. The maximum Gasteiger partial charge on any atom is 0.418 e. The number of rotatable bonds is 6. The Balaban J connectivity index is 2.52. The van der Waals surface area contributed by atoms with E-state index in [1.54, 1.807) is 13.8 Å². The first kappa shape index (κ1) is 20.6. The molecular formula is C19H20F3NO4. The van der Waals surface area contributed by atoms with E-state index in [4.69, 9.17) is 6.42 Å². The van der Waals surface area contributed by atoms with Gasteiger partial charge in [-0.25, -0.2) is 4.79 Å². The van der Waals surface area contributed by atoms with Crippen LogP contribution >= 0.6 is 0 Å². The number of carbonyl (C=O) groups is 2. The fourth-order valence-corrected chi connectivity index (χ4v) is 3.86. The highest BCUT2D eigenvalue weighted by molar-refractivity contribution is 5.83. The van der Waals surface area contributed by atoms with Gasteiger partial charge in [0.25, 0.3) is 0 Å². The maximum absolute atomic E-state index is 13.4. The van der Waals surface area contributed by atoms with Crippen molar-refractivity contribution >= 4 is 11.9 Å². The zero-order valence-corrected chi connectivity index (χ0v) is 15.1. The predicted molar refractivity (Wildman–Crippen MR) is 90.5 cm³/mol. The van der Waals surface area contributed by atoms with Crippen molar-refractivity contribution in [2.45, 2.75) is 33.0 Å². The SMILES string of the molecule is C#CCn1cc(C[C@@]2(C=CC(=O)OC)[C@H](C(=O)O)C2(C)C)c(C(F)(F)F)c1. The zero-order chi connectivity index (χ0) is 20.6. The van der Waals surface area contributed by atoms with E-state index in [1.807, 2.05) is 0 Å². The fraction of sp³-hybridized carbons (Fsp3) is 0.474. The number of hydrogen-bond donors (Lipinski definition) is 1. The molecule has 0 radical (unpaired) electrons. The number of alkyl halides is 3. The van der Waals surface area contributed by atoms with E-state index in [0.29, 0.717) is 0 Å². The molecule has 1 N–H and O–H groups in total. The van der Waals surface area contributed by atoms with Crippen LogP contribution in [0.2, 0.25) is 0 Å². The Bertz CT molecular complexity index is 829. The van der Waals surface area contributed by atoms with Gasteiger partial charge in [-0.2, -0.15) is 13.2 Å². The van der Waals surface area contributed by atoms with Crippen molar-refractivity contribution < 1.29 is 32.6 Å². The van der Waals surface area contributed by atoms with Gasteiger partial charge in [-0.05, 0) is 17.4 Å². The standard InChI is InChI=1S/C19H20F3NO4/c1-5-8-23-10-12(13(11-23)19(20,21)22)9-18(7-6-14(24)27-4)15(16(25)26)17(18,2)3/h1,6-7,10-11,15H,8-9H2,2-4H3,(H,25,26)/t15-,18+/m1/s1. The first-order valence-corrected chi connectivity index (χ1v) is 8.10. The Morgan fingerprint density at radius 1 is 1.41 bits per heavy atom. The van der Waals surface area contributed by atoms with Gasteiger partial charge in [0.1, 0.15) is 0 Å². The van der Waals surface area contributed by atoms with Crippen LogP contribution in [-0.2, 0) is 33.5 Å². The van der Waals surface area contributed by atoms with E-state index in [2.05, 4.69) is 10.7 Å². The molecule has 0 aromatic carbocycles. The number of aliphatic carboxylic acids is 1. The summed E-state index contributed by atoms with van der Waals surface area (Å²) >= 11 is 0. The summed E-state index contributed by atoms with van der Waals surface area (Å²) < 4.78 is 46.1. The molecule has 1 aliphatic rings. The van der Waals surface area contributed by atoms with Crippen LogP contribution in [0.1, 0.15) is 25.0 Å². The van der Waals surface area contributed by atoms with Gasteiger partial charge >= 0.3 is 18.1 Å². The molecule has 0 spiro atoms. The number of esters is 1. The van der Waals surface area contributed by atoms with Gasteiger partial charge in [-0.1, -0.05) is 25.8 Å². The van der Waals surface area contributed by atoms with E-state index in [9.17, 15) is 27.9 Å². The molecular weight excluding hydrogens is 363 g/mol. The van der Waals surface area contributed by atoms with Crippen LogP contribution in [0.15, 0.2) is 24.5 Å². The topological polar surface area (TPSA) is 68.5 Å². The van der Waals surface area contributed by atoms with Crippen molar-refractivity contribution in [3.63, 3.8) is 0 Å². The number of nitrogens with zero attached hydrogens (tertiary/aromatic N) is 1. The van der Waals surface area contributed by atoms with E-state index in [0.717, 1.165) is 19.4 Å². The highest BCUT2D eigenvalue weighted by Gasteiger charge is 2.73.